The molecular weight excluding hydrogens is 464 g/mol. The van der Waals surface area contributed by atoms with Crippen molar-refractivity contribution in [2.24, 2.45) is 0 Å². The summed E-state index contributed by atoms with van der Waals surface area (Å²) in [6.07, 6.45) is 1.58. The van der Waals surface area contributed by atoms with E-state index in [9.17, 15) is 9.59 Å². The van der Waals surface area contributed by atoms with Crippen LogP contribution in [0.4, 0.5) is 5.69 Å². The predicted molar refractivity (Wildman–Crippen MR) is 125 cm³/mol. The number of fused-ring (bicyclic) bond motifs is 1. The molecule has 7 heteroatoms. The second-order valence-corrected chi connectivity index (χ2v) is 7.87. The van der Waals surface area contributed by atoms with E-state index in [1.165, 1.54) is 4.90 Å². The van der Waals surface area contributed by atoms with Gasteiger partial charge in [0.1, 0.15) is 11.3 Å². The monoisotopic (exact) mass is 480 g/mol. The van der Waals surface area contributed by atoms with Crippen LogP contribution in [0, 0.1) is 0 Å². The Bertz CT molecular complexity index is 1200. The molecule has 3 aromatic rings. The number of thiocarbonyl (C=S) groups is 1. The van der Waals surface area contributed by atoms with Gasteiger partial charge in [0, 0.05) is 10.0 Å². The third kappa shape index (κ3) is 3.74. The average Bonchev–Trinajstić information content (AvgIpc) is 2.73. The van der Waals surface area contributed by atoms with Crippen molar-refractivity contribution in [1.29, 1.82) is 0 Å². The largest absolute Gasteiger partial charge is 0.493 e. The van der Waals surface area contributed by atoms with Gasteiger partial charge >= 0.3 is 0 Å². The zero-order valence-electron chi connectivity index (χ0n) is 16.0. The Kier molecular flexibility index (Phi) is 5.65. The van der Waals surface area contributed by atoms with Crippen molar-refractivity contribution in [3.05, 3.63) is 76.3 Å². The van der Waals surface area contributed by atoms with Crippen LogP contribution >= 0.6 is 28.1 Å². The number of halogens is 1. The molecule has 0 atom stereocenters. The van der Waals surface area contributed by atoms with E-state index in [4.69, 9.17) is 17.0 Å². The minimum absolute atomic E-state index is 0.0103. The highest BCUT2D eigenvalue weighted by atomic mass is 79.9. The van der Waals surface area contributed by atoms with Gasteiger partial charge in [-0.1, -0.05) is 46.3 Å². The van der Waals surface area contributed by atoms with Crippen LogP contribution in [0.3, 0.4) is 0 Å². The molecule has 0 aromatic heterocycles. The number of hydrogen-bond acceptors (Lipinski definition) is 4. The van der Waals surface area contributed by atoms with E-state index >= 15 is 0 Å². The van der Waals surface area contributed by atoms with Gasteiger partial charge in [-0.05, 0) is 66.3 Å². The Morgan fingerprint density at radius 1 is 1.07 bits per heavy atom. The molecule has 2 amide bonds. The normalized spacial score (nSPS) is 15.6. The lowest BCUT2D eigenvalue weighted by atomic mass is 9.99. The molecule has 3 aromatic carbocycles. The van der Waals surface area contributed by atoms with Gasteiger partial charge < -0.3 is 4.74 Å². The smallest absolute Gasteiger partial charge is 0.270 e. The van der Waals surface area contributed by atoms with Crippen molar-refractivity contribution in [2.75, 3.05) is 11.5 Å². The topological polar surface area (TPSA) is 58.6 Å². The fourth-order valence-corrected chi connectivity index (χ4v) is 3.88. The van der Waals surface area contributed by atoms with E-state index in [1.807, 2.05) is 55.5 Å². The quantitative estimate of drug-likeness (QED) is 0.330. The number of benzene rings is 3. The molecular formula is C23H17BrN2O3S. The summed E-state index contributed by atoms with van der Waals surface area (Å²) in [5.74, 6) is -0.414. The molecule has 1 aliphatic heterocycles. The summed E-state index contributed by atoms with van der Waals surface area (Å²) >= 11 is 8.65. The number of anilines is 1. The number of nitrogens with one attached hydrogen (secondary N) is 1. The highest BCUT2D eigenvalue weighted by Crippen LogP contribution is 2.32. The van der Waals surface area contributed by atoms with Crippen LogP contribution in [-0.4, -0.2) is 23.5 Å². The first kappa shape index (κ1) is 20.3. The van der Waals surface area contributed by atoms with Crippen LogP contribution in [0.25, 0.3) is 16.8 Å². The van der Waals surface area contributed by atoms with Crippen LogP contribution in [-0.2, 0) is 9.59 Å². The lowest BCUT2D eigenvalue weighted by Gasteiger charge is -2.29. The SMILES string of the molecule is CCOc1ccc2ccccc2c1/C=C1\C(=O)NC(=S)N(c2ccc(Br)cc2)C1=O. The maximum absolute atomic E-state index is 13.3. The van der Waals surface area contributed by atoms with Crippen molar-refractivity contribution in [1.82, 2.24) is 5.32 Å². The molecule has 0 radical (unpaired) electrons. The van der Waals surface area contributed by atoms with Crippen molar-refractivity contribution >= 4 is 67.6 Å². The molecule has 0 aliphatic carbocycles. The van der Waals surface area contributed by atoms with E-state index in [1.54, 1.807) is 18.2 Å². The molecule has 0 bridgehead atoms. The Morgan fingerprint density at radius 3 is 2.53 bits per heavy atom. The number of hydrogen-bond donors (Lipinski definition) is 1. The Hall–Kier alpha value is -3.03. The molecule has 30 heavy (non-hydrogen) atoms. The van der Waals surface area contributed by atoms with Gasteiger partial charge in [-0.25, -0.2) is 0 Å². The first-order valence-electron chi connectivity index (χ1n) is 9.31. The number of ether oxygens (including phenoxy) is 1. The van der Waals surface area contributed by atoms with Gasteiger partial charge in [0.2, 0.25) is 0 Å². The van der Waals surface area contributed by atoms with Crippen LogP contribution in [0.15, 0.2) is 70.7 Å². The highest BCUT2D eigenvalue weighted by molar-refractivity contribution is 9.10. The third-order valence-electron chi connectivity index (χ3n) is 4.71. The molecule has 0 saturated carbocycles. The number of carbonyl (C=O) groups is 2. The molecule has 1 aliphatic rings. The molecule has 1 N–H and O–H groups in total. The zero-order chi connectivity index (χ0) is 21.3. The Labute approximate surface area is 187 Å². The minimum atomic E-state index is -0.534. The van der Waals surface area contributed by atoms with E-state index in [2.05, 4.69) is 21.2 Å². The summed E-state index contributed by atoms with van der Waals surface area (Å²) < 4.78 is 6.64. The summed E-state index contributed by atoms with van der Waals surface area (Å²) in [6.45, 7) is 2.35. The number of nitrogens with zero attached hydrogens (tertiary/aromatic N) is 1. The van der Waals surface area contributed by atoms with E-state index < -0.39 is 11.8 Å². The first-order chi connectivity index (χ1) is 14.5. The van der Waals surface area contributed by atoms with Gasteiger partial charge in [0.15, 0.2) is 5.11 Å². The fourth-order valence-electron chi connectivity index (χ4n) is 3.33. The zero-order valence-corrected chi connectivity index (χ0v) is 18.4. The molecule has 150 valence electrons. The summed E-state index contributed by atoms with van der Waals surface area (Å²) in [7, 11) is 0. The Morgan fingerprint density at radius 2 is 1.80 bits per heavy atom. The lowest BCUT2D eigenvalue weighted by molar-refractivity contribution is -0.122. The molecule has 1 heterocycles. The lowest BCUT2D eigenvalue weighted by Crippen LogP contribution is -2.54. The minimum Gasteiger partial charge on any atom is -0.493 e. The van der Waals surface area contributed by atoms with Gasteiger partial charge in [-0.15, -0.1) is 0 Å². The van der Waals surface area contributed by atoms with Crippen LogP contribution < -0.4 is 15.0 Å². The van der Waals surface area contributed by atoms with Crippen molar-refractivity contribution < 1.29 is 14.3 Å². The van der Waals surface area contributed by atoms with Gasteiger partial charge in [0.05, 0.1) is 12.3 Å². The molecule has 5 nitrogen and oxygen atoms in total. The first-order valence-corrected chi connectivity index (χ1v) is 10.5. The standard InChI is InChI=1S/C23H17BrN2O3S/c1-2-29-20-12-7-14-5-3-4-6-17(14)18(20)13-19-21(27)25-23(30)26(22(19)28)16-10-8-15(24)9-11-16/h3-13H,2H2,1H3,(H,25,27,30)/b19-13+. The predicted octanol–water partition coefficient (Wildman–Crippen LogP) is 4.83. The fraction of sp³-hybridized carbons (Fsp3) is 0.0870. The van der Waals surface area contributed by atoms with Crippen LogP contribution in [0.1, 0.15) is 12.5 Å². The number of amides is 2. The maximum atomic E-state index is 13.3. The van der Waals surface area contributed by atoms with Crippen LogP contribution in [0.5, 0.6) is 5.75 Å². The number of carbonyl (C=O) groups excluding carboxylic acids is 2. The molecule has 1 saturated heterocycles. The van der Waals surface area contributed by atoms with Crippen molar-refractivity contribution in [3.63, 3.8) is 0 Å². The van der Waals surface area contributed by atoms with Crippen molar-refractivity contribution in [2.45, 2.75) is 6.92 Å². The van der Waals surface area contributed by atoms with Gasteiger partial charge in [-0.2, -0.15) is 0 Å². The molecule has 1 fully saturated rings. The second kappa shape index (κ2) is 8.38. The second-order valence-electron chi connectivity index (χ2n) is 6.57. The Balaban J connectivity index is 1.85. The van der Waals surface area contributed by atoms with Crippen LogP contribution in [0.2, 0.25) is 0 Å². The summed E-state index contributed by atoms with van der Waals surface area (Å²) in [5.41, 5.74) is 1.24. The molecule has 0 unspecified atom stereocenters. The summed E-state index contributed by atoms with van der Waals surface area (Å²) in [5, 5.41) is 4.54. The van der Waals surface area contributed by atoms with E-state index in [-0.39, 0.29) is 10.7 Å². The average molecular weight is 481 g/mol. The van der Waals surface area contributed by atoms with E-state index in [0.717, 1.165) is 15.2 Å². The molecule has 0 spiro atoms. The van der Waals surface area contributed by atoms with E-state index in [0.29, 0.717) is 23.6 Å². The summed E-state index contributed by atoms with van der Waals surface area (Å²) in [4.78, 5) is 27.3. The third-order valence-corrected chi connectivity index (χ3v) is 5.52. The highest BCUT2D eigenvalue weighted by Gasteiger charge is 2.34. The van der Waals surface area contributed by atoms with Crippen molar-refractivity contribution in [3.8, 4) is 5.75 Å². The number of rotatable bonds is 4. The maximum Gasteiger partial charge on any atom is 0.270 e. The van der Waals surface area contributed by atoms with Gasteiger partial charge in [0.25, 0.3) is 11.8 Å². The van der Waals surface area contributed by atoms with Gasteiger partial charge in [-0.3, -0.25) is 19.8 Å². The molecule has 4 rings (SSSR count). The summed E-state index contributed by atoms with van der Waals surface area (Å²) in [6, 6.07) is 18.7.